The fraction of sp³-hybridized carbons (Fsp3) is 0.100. The molecule has 0 saturated carbocycles. The van der Waals surface area contributed by atoms with Gasteiger partial charge in [-0.2, -0.15) is 0 Å². The zero-order chi connectivity index (χ0) is 21.8. The van der Waals surface area contributed by atoms with E-state index in [2.05, 4.69) is 0 Å². The number of esters is 1. The molecule has 1 N–H and O–H groups in total. The number of aliphatic carboxylic acids is 1. The highest BCUT2D eigenvalue weighted by Crippen LogP contribution is 2.35. The second kappa shape index (κ2) is 9.06. The molecule has 154 valence electrons. The van der Waals surface area contributed by atoms with E-state index in [4.69, 9.17) is 26.8 Å². The van der Waals surface area contributed by atoms with Crippen LogP contribution in [0, 0.1) is 5.82 Å². The second-order valence-electron chi connectivity index (χ2n) is 5.94. The molecular formula is C20H14FNO6S2. The van der Waals surface area contributed by atoms with Crippen LogP contribution in [0.25, 0.3) is 6.08 Å². The maximum atomic E-state index is 13.8. The lowest BCUT2D eigenvalue weighted by Gasteiger charge is -2.11. The smallest absolute Gasteiger partial charge is 0.346 e. The Bertz CT molecular complexity index is 1080. The van der Waals surface area contributed by atoms with Gasteiger partial charge in [0.2, 0.25) is 0 Å². The monoisotopic (exact) mass is 447 g/mol. The van der Waals surface area contributed by atoms with Crippen LogP contribution in [0.3, 0.4) is 0 Å². The van der Waals surface area contributed by atoms with Gasteiger partial charge in [0.05, 0.1) is 17.6 Å². The molecular weight excluding hydrogens is 433 g/mol. The third kappa shape index (κ3) is 4.66. The van der Waals surface area contributed by atoms with E-state index in [0.717, 1.165) is 22.7 Å². The topological polar surface area (TPSA) is 93.1 Å². The summed E-state index contributed by atoms with van der Waals surface area (Å²) in [4.78, 5) is 36.7. The predicted octanol–water partition coefficient (Wildman–Crippen LogP) is 3.34. The Balaban J connectivity index is 1.82. The fourth-order valence-corrected chi connectivity index (χ4v) is 3.82. The Hall–Kier alpha value is -3.24. The number of carbonyl (C=O) groups is 3. The molecule has 1 saturated heterocycles. The van der Waals surface area contributed by atoms with Crippen molar-refractivity contribution >= 4 is 52.2 Å². The number of thiocarbonyl (C=S) groups is 1. The molecule has 1 amide bonds. The molecule has 2 aromatic rings. The van der Waals surface area contributed by atoms with Gasteiger partial charge in [0, 0.05) is 0 Å². The predicted molar refractivity (Wildman–Crippen MR) is 112 cm³/mol. The third-order valence-electron chi connectivity index (χ3n) is 3.95. The molecule has 1 aliphatic heterocycles. The Morgan fingerprint density at radius 1 is 1.23 bits per heavy atom. The summed E-state index contributed by atoms with van der Waals surface area (Å²) in [6.07, 6.45) is 1.52. The quantitative estimate of drug-likeness (QED) is 0.312. The number of carbonyl (C=O) groups excluding carboxylic acids is 2. The summed E-state index contributed by atoms with van der Waals surface area (Å²) in [5.41, 5.74) is 0.319. The first-order valence-electron chi connectivity index (χ1n) is 8.42. The van der Waals surface area contributed by atoms with Crippen molar-refractivity contribution in [3.05, 3.63) is 64.3 Å². The van der Waals surface area contributed by atoms with E-state index < -0.39 is 30.2 Å². The SMILES string of the molecule is COc1cc(C=C2SC(=S)N(CC(=O)O)C2=O)ccc1OC(=O)c1ccccc1F. The van der Waals surface area contributed by atoms with Crippen LogP contribution >= 0.6 is 24.0 Å². The molecule has 1 heterocycles. The number of methoxy groups -OCH3 is 1. The van der Waals surface area contributed by atoms with Crippen molar-refractivity contribution in [1.29, 1.82) is 0 Å². The van der Waals surface area contributed by atoms with Crippen LogP contribution in [0.2, 0.25) is 0 Å². The number of ether oxygens (including phenoxy) is 2. The maximum absolute atomic E-state index is 13.8. The third-order valence-corrected chi connectivity index (χ3v) is 5.33. The van der Waals surface area contributed by atoms with Crippen LogP contribution < -0.4 is 9.47 Å². The van der Waals surface area contributed by atoms with E-state index in [1.54, 1.807) is 6.07 Å². The van der Waals surface area contributed by atoms with Gasteiger partial charge in [-0.3, -0.25) is 14.5 Å². The first-order valence-corrected chi connectivity index (χ1v) is 9.64. The van der Waals surface area contributed by atoms with E-state index in [-0.39, 0.29) is 26.3 Å². The van der Waals surface area contributed by atoms with Gasteiger partial charge in [-0.25, -0.2) is 9.18 Å². The van der Waals surface area contributed by atoms with Crippen LogP contribution in [0.15, 0.2) is 47.4 Å². The average molecular weight is 447 g/mol. The Labute approximate surface area is 180 Å². The van der Waals surface area contributed by atoms with E-state index in [1.165, 1.54) is 43.5 Å². The highest BCUT2D eigenvalue weighted by molar-refractivity contribution is 8.26. The van der Waals surface area contributed by atoms with Gasteiger partial charge in [0.15, 0.2) is 11.5 Å². The minimum atomic E-state index is -1.17. The average Bonchev–Trinajstić information content (AvgIpc) is 2.96. The molecule has 0 spiro atoms. The number of nitrogens with zero attached hydrogens (tertiary/aromatic N) is 1. The molecule has 0 aromatic heterocycles. The lowest BCUT2D eigenvalue weighted by molar-refractivity contribution is -0.140. The standard InChI is InChI=1S/C20H14FNO6S2/c1-27-15-8-11(9-16-18(25)22(10-17(23)24)20(29)30-16)6-7-14(15)28-19(26)12-4-2-3-5-13(12)21/h2-9H,10H2,1H3,(H,23,24). The Kier molecular flexibility index (Phi) is 6.48. The van der Waals surface area contributed by atoms with E-state index in [1.807, 2.05) is 0 Å². The maximum Gasteiger partial charge on any atom is 0.346 e. The first-order chi connectivity index (χ1) is 14.3. The molecule has 10 heteroatoms. The lowest BCUT2D eigenvalue weighted by atomic mass is 10.1. The molecule has 2 aromatic carbocycles. The number of carboxylic acid groups (broad SMARTS) is 1. The summed E-state index contributed by atoms with van der Waals surface area (Å²) < 4.78 is 24.4. The second-order valence-corrected chi connectivity index (χ2v) is 7.62. The molecule has 0 bridgehead atoms. The molecule has 0 aliphatic carbocycles. The van der Waals surface area contributed by atoms with Crippen LogP contribution in [-0.2, 0) is 9.59 Å². The van der Waals surface area contributed by atoms with Crippen LogP contribution in [0.5, 0.6) is 11.5 Å². The number of carboxylic acids is 1. The molecule has 3 rings (SSSR count). The van der Waals surface area contributed by atoms with Gasteiger partial charge in [-0.1, -0.05) is 42.2 Å². The zero-order valence-electron chi connectivity index (χ0n) is 15.5. The number of thioether (sulfide) groups is 1. The summed E-state index contributed by atoms with van der Waals surface area (Å²) in [5.74, 6) is -3.01. The first kappa shape index (κ1) is 21.5. The van der Waals surface area contributed by atoms with Crippen molar-refractivity contribution in [2.75, 3.05) is 13.7 Å². The largest absolute Gasteiger partial charge is 0.493 e. The zero-order valence-corrected chi connectivity index (χ0v) is 17.1. The van der Waals surface area contributed by atoms with Gasteiger partial charge >= 0.3 is 11.9 Å². The minimum absolute atomic E-state index is 0.0707. The Morgan fingerprint density at radius 2 is 1.97 bits per heavy atom. The molecule has 1 fully saturated rings. The molecule has 30 heavy (non-hydrogen) atoms. The summed E-state index contributed by atoms with van der Waals surface area (Å²) in [5, 5.41) is 8.89. The fourth-order valence-electron chi connectivity index (χ4n) is 2.56. The number of hydrogen-bond donors (Lipinski definition) is 1. The van der Waals surface area contributed by atoms with Gasteiger partial charge in [0.1, 0.15) is 16.7 Å². The van der Waals surface area contributed by atoms with Crippen molar-refractivity contribution in [3.63, 3.8) is 0 Å². The van der Waals surface area contributed by atoms with Crippen LogP contribution in [-0.4, -0.2) is 45.8 Å². The minimum Gasteiger partial charge on any atom is -0.493 e. The van der Waals surface area contributed by atoms with Crippen LogP contribution in [0.4, 0.5) is 4.39 Å². The summed E-state index contributed by atoms with van der Waals surface area (Å²) in [6, 6.07) is 9.96. The van der Waals surface area contributed by atoms with Crippen molar-refractivity contribution < 1.29 is 33.4 Å². The van der Waals surface area contributed by atoms with Crippen LogP contribution in [0.1, 0.15) is 15.9 Å². The van der Waals surface area contributed by atoms with E-state index >= 15 is 0 Å². The van der Waals surface area contributed by atoms with Gasteiger partial charge in [0.25, 0.3) is 5.91 Å². The molecule has 0 unspecified atom stereocenters. The van der Waals surface area contributed by atoms with Gasteiger partial charge in [-0.15, -0.1) is 0 Å². The number of rotatable bonds is 6. The van der Waals surface area contributed by atoms with E-state index in [9.17, 15) is 18.8 Å². The van der Waals surface area contributed by atoms with Crippen molar-refractivity contribution in [2.24, 2.45) is 0 Å². The summed E-state index contributed by atoms with van der Waals surface area (Å²) >= 11 is 6.04. The van der Waals surface area contributed by atoms with E-state index in [0.29, 0.717) is 5.56 Å². The van der Waals surface area contributed by atoms with Crippen molar-refractivity contribution in [3.8, 4) is 11.5 Å². The molecule has 0 radical (unpaired) electrons. The molecule has 7 nitrogen and oxygen atoms in total. The Morgan fingerprint density at radius 3 is 2.63 bits per heavy atom. The summed E-state index contributed by atoms with van der Waals surface area (Å²) in [6.45, 7) is -0.518. The highest BCUT2D eigenvalue weighted by Gasteiger charge is 2.33. The van der Waals surface area contributed by atoms with Crippen molar-refractivity contribution in [1.82, 2.24) is 4.90 Å². The normalized spacial score (nSPS) is 14.9. The molecule has 1 aliphatic rings. The highest BCUT2D eigenvalue weighted by atomic mass is 32.2. The van der Waals surface area contributed by atoms with Gasteiger partial charge < -0.3 is 14.6 Å². The number of halogens is 1. The number of amides is 1. The molecule has 0 atom stereocenters. The summed E-state index contributed by atoms with van der Waals surface area (Å²) in [7, 11) is 1.37. The lowest BCUT2D eigenvalue weighted by Crippen LogP contribution is -2.33. The number of benzene rings is 2. The van der Waals surface area contributed by atoms with Gasteiger partial charge in [-0.05, 0) is 35.9 Å². The van der Waals surface area contributed by atoms with Crippen molar-refractivity contribution in [2.45, 2.75) is 0 Å². The number of hydrogen-bond acceptors (Lipinski definition) is 7.